The van der Waals surface area contributed by atoms with Crippen molar-refractivity contribution in [3.63, 3.8) is 0 Å². The quantitative estimate of drug-likeness (QED) is 0.241. The molecule has 1 atom stereocenters. The summed E-state index contributed by atoms with van der Waals surface area (Å²) in [6.45, 7) is 14.1. The molecule has 1 unspecified atom stereocenters. The van der Waals surface area contributed by atoms with E-state index in [1.165, 1.54) is 19.4 Å². The summed E-state index contributed by atoms with van der Waals surface area (Å²) in [6.07, 6.45) is 6.63. The summed E-state index contributed by atoms with van der Waals surface area (Å²) in [4.78, 5) is 27.2. The number of aliphatic carboxylic acids is 1. The van der Waals surface area contributed by atoms with Crippen molar-refractivity contribution < 1.29 is 23.8 Å². The number of nitrogens with zero attached hydrogens (tertiary/aromatic N) is 5. The molecule has 7 rings (SSSR count). The van der Waals surface area contributed by atoms with E-state index in [0.29, 0.717) is 47.1 Å². The number of carboxylic acids is 1. The molecule has 0 spiro atoms. The third kappa shape index (κ3) is 5.78. The van der Waals surface area contributed by atoms with Crippen LogP contribution in [0.4, 0.5) is 10.2 Å². The van der Waals surface area contributed by atoms with Crippen LogP contribution in [-0.4, -0.2) is 74.9 Å². The summed E-state index contributed by atoms with van der Waals surface area (Å²) >= 11 is 0. The fourth-order valence-corrected chi connectivity index (χ4v) is 7.99. The third-order valence-corrected chi connectivity index (χ3v) is 10.2. The molecule has 3 aliphatic heterocycles. The molecule has 1 N–H and O–H groups in total. The molecule has 9 nitrogen and oxygen atoms in total. The van der Waals surface area contributed by atoms with Crippen LogP contribution in [0.25, 0.3) is 33.4 Å². The fourth-order valence-electron chi connectivity index (χ4n) is 7.99. The Morgan fingerprint density at radius 3 is 2.69 bits per heavy atom. The lowest BCUT2D eigenvalue weighted by atomic mass is 9.86. The Morgan fingerprint density at radius 1 is 1.12 bits per heavy atom. The van der Waals surface area contributed by atoms with E-state index in [9.17, 15) is 9.90 Å². The molecule has 4 aromatic rings. The standard InChI is InChI=1S/C38H46FN5O4/c1-22-26-11-8-17-47-35(26)34(39)36(48-38(3,4)5)32(22)33-27(20-31(45)46)23(2)41-37-28(33)19-29(42(37)6)24-12-13-40-30(18-24)44-16-9-15-43-14-7-10-25(43)21-44/h12-13,18-19,25H,7-11,14-17,20-21H2,1-6H3,(H,45,46). The molecule has 0 bridgehead atoms. The number of benzene rings is 1. The minimum absolute atomic E-state index is 0.0814. The van der Waals surface area contributed by atoms with Gasteiger partial charge in [0.25, 0.3) is 0 Å². The number of halogens is 1. The zero-order valence-electron chi connectivity index (χ0n) is 29.0. The van der Waals surface area contributed by atoms with Crippen LogP contribution in [0.5, 0.6) is 11.5 Å². The van der Waals surface area contributed by atoms with Gasteiger partial charge in [-0.25, -0.2) is 9.97 Å². The molecule has 0 aliphatic carbocycles. The van der Waals surface area contributed by atoms with Gasteiger partial charge in [-0.3, -0.25) is 9.69 Å². The number of ether oxygens (including phenoxy) is 2. The molecule has 6 heterocycles. The molecule has 10 heteroatoms. The SMILES string of the molecule is Cc1nc2c(cc(-c3ccnc(N4CCCN5CCCC5C4)c3)n2C)c(-c2c(C)c3c(c(F)c2OC(C)(C)C)OCCC3)c1CC(=O)O. The van der Waals surface area contributed by atoms with Gasteiger partial charge in [-0.1, -0.05) is 0 Å². The molecule has 1 aromatic carbocycles. The van der Waals surface area contributed by atoms with Crippen LogP contribution < -0.4 is 14.4 Å². The van der Waals surface area contributed by atoms with Gasteiger partial charge in [0.15, 0.2) is 11.5 Å². The topological polar surface area (TPSA) is 93.0 Å². The Bertz CT molecular complexity index is 1910. The molecule has 3 aromatic heterocycles. The van der Waals surface area contributed by atoms with Crippen molar-refractivity contribution in [2.45, 2.75) is 84.8 Å². The number of rotatable bonds is 6. The third-order valence-electron chi connectivity index (χ3n) is 10.2. The lowest BCUT2D eigenvalue weighted by molar-refractivity contribution is -0.136. The zero-order valence-corrected chi connectivity index (χ0v) is 29.0. The van der Waals surface area contributed by atoms with Crippen LogP contribution in [0.2, 0.25) is 0 Å². The Kier molecular flexibility index (Phi) is 8.34. The second-order valence-electron chi connectivity index (χ2n) is 14.6. The number of carbonyl (C=O) groups is 1. The predicted molar refractivity (Wildman–Crippen MR) is 186 cm³/mol. The molecule has 254 valence electrons. The molecular formula is C38H46FN5O4. The van der Waals surface area contributed by atoms with Crippen LogP contribution in [0, 0.1) is 19.7 Å². The van der Waals surface area contributed by atoms with E-state index in [1.807, 2.05) is 58.5 Å². The second kappa shape index (κ2) is 12.4. The first kappa shape index (κ1) is 32.4. The summed E-state index contributed by atoms with van der Waals surface area (Å²) in [7, 11) is 1.98. The van der Waals surface area contributed by atoms with Gasteiger partial charge in [0.05, 0.1) is 18.7 Å². The van der Waals surface area contributed by atoms with Gasteiger partial charge in [0.2, 0.25) is 5.82 Å². The highest BCUT2D eigenvalue weighted by Crippen LogP contribution is 2.49. The lowest BCUT2D eigenvalue weighted by Gasteiger charge is -2.30. The van der Waals surface area contributed by atoms with Gasteiger partial charge in [0, 0.05) is 72.3 Å². The minimum atomic E-state index is -0.980. The highest BCUT2D eigenvalue weighted by molar-refractivity contribution is 6.02. The monoisotopic (exact) mass is 655 g/mol. The van der Waals surface area contributed by atoms with Crippen molar-refractivity contribution in [1.29, 1.82) is 0 Å². The zero-order chi connectivity index (χ0) is 33.9. The fraction of sp³-hybridized carbons (Fsp3) is 0.500. The summed E-state index contributed by atoms with van der Waals surface area (Å²) in [6, 6.07) is 6.79. The number of pyridine rings is 2. The highest BCUT2D eigenvalue weighted by atomic mass is 19.1. The van der Waals surface area contributed by atoms with Crippen LogP contribution in [0.1, 0.15) is 68.8 Å². The van der Waals surface area contributed by atoms with Gasteiger partial charge in [0.1, 0.15) is 17.1 Å². The predicted octanol–water partition coefficient (Wildman–Crippen LogP) is 6.86. The average Bonchev–Trinajstić information content (AvgIpc) is 3.56. The first-order valence-corrected chi connectivity index (χ1v) is 17.2. The van der Waals surface area contributed by atoms with Crippen LogP contribution in [0.3, 0.4) is 0 Å². The molecule has 2 saturated heterocycles. The van der Waals surface area contributed by atoms with Crippen LogP contribution >= 0.6 is 0 Å². The van der Waals surface area contributed by atoms with Crippen molar-refractivity contribution in [1.82, 2.24) is 19.4 Å². The summed E-state index contributed by atoms with van der Waals surface area (Å²) in [5, 5.41) is 10.9. The maximum absolute atomic E-state index is 16.6. The number of anilines is 1. The average molecular weight is 656 g/mol. The molecule has 0 amide bonds. The summed E-state index contributed by atoms with van der Waals surface area (Å²) in [5.41, 5.74) is 5.86. The van der Waals surface area contributed by atoms with E-state index >= 15 is 4.39 Å². The summed E-state index contributed by atoms with van der Waals surface area (Å²) in [5.74, 6) is -0.256. The van der Waals surface area contributed by atoms with Crippen LogP contribution in [-0.2, 0) is 24.7 Å². The molecular weight excluding hydrogens is 609 g/mol. The Labute approximate surface area is 281 Å². The number of hydrogen-bond acceptors (Lipinski definition) is 7. The largest absolute Gasteiger partial charge is 0.490 e. The van der Waals surface area contributed by atoms with E-state index in [1.54, 1.807) is 0 Å². The first-order chi connectivity index (χ1) is 22.9. The van der Waals surface area contributed by atoms with Crippen molar-refractivity contribution in [2.75, 3.05) is 37.7 Å². The minimum Gasteiger partial charge on any atom is -0.490 e. The number of carboxylic acid groups (broad SMARTS) is 1. The van der Waals surface area contributed by atoms with E-state index in [0.717, 1.165) is 66.1 Å². The molecule has 2 fully saturated rings. The highest BCUT2D eigenvalue weighted by Gasteiger charge is 2.33. The maximum atomic E-state index is 16.6. The first-order valence-electron chi connectivity index (χ1n) is 17.2. The Hall–Kier alpha value is -4.18. The van der Waals surface area contributed by atoms with Crippen LogP contribution in [0.15, 0.2) is 24.4 Å². The van der Waals surface area contributed by atoms with E-state index in [-0.39, 0.29) is 17.9 Å². The van der Waals surface area contributed by atoms with Gasteiger partial charge in [-0.2, -0.15) is 4.39 Å². The maximum Gasteiger partial charge on any atom is 0.307 e. The number of aromatic nitrogens is 3. The molecule has 48 heavy (non-hydrogen) atoms. The summed E-state index contributed by atoms with van der Waals surface area (Å²) < 4.78 is 30.9. The molecule has 3 aliphatic rings. The Balaban J connectivity index is 1.44. The van der Waals surface area contributed by atoms with Crippen molar-refractivity contribution >= 4 is 22.8 Å². The van der Waals surface area contributed by atoms with Crippen molar-refractivity contribution in [3.8, 4) is 33.9 Å². The lowest BCUT2D eigenvalue weighted by Crippen LogP contribution is -2.36. The van der Waals surface area contributed by atoms with E-state index in [2.05, 4.69) is 21.9 Å². The molecule has 0 radical (unpaired) electrons. The van der Waals surface area contributed by atoms with Gasteiger partial charge in [-0.15, -0.1) is 0 Å². The van der Waals surface area contributed by atoms with Gasteiger partial charge < -0.3 is 24.0 Å². The normalized spacial score (nSPS) is 18.4. The Morgan fingerprint density at radius 2 is 1.92 bits per heavy atom. The van der Waals surface area contributed by atoms with Gasteiger partial charge in [-0.05, 0) is 103 Å². The second-order valence-corrected chi connectivity index (χ2v) is 14.6. The van der Waals surface area contributed by atoms with E-state index < -0.39 is 17.4 Å². The van der Waals surface area contributed by atoms with E-state index in [4.69, 9.17) is 19.4 Å². The van der Waals surface area contributed by atoms with Crippen molar-refractivity contribution in [2.24, 2.45) is 7.05 Å². The smallest absolute Gasteiger partial charge is 0.307 e. The number of hydrogen-bond donors (Lipinski definition) is 1. The number of aryl methyl sites for hydroxylation is 2. The molecule has 0 saturated carbocycles. The van der Waals surface area contributed by atoms with Crippen molar-refractivity contribution in [3.05, 3.63) is 52.6 Å². The van der Waals surface area contributed by atoms with Gasteiger partial charge >= 0.3 is 5.97 Å². The number of fused-ring (bicyclic) bond motifs is 3.